The Labute approximate surface area is 135 Å². The van der Waals surface area contributed by atoms with E-state index in [1.54, 1.807) is 0 Å². The van der Waals surface area contributed by atoms with E-state index in [1.165, 1.54) is 38.5 Å². The van der Waals surface area contributed by atoms with Gasteiger partial charge in [0.2, 0.25) is 5.91 Å². The number of hydrogen-bond donors (Lipinski definition) is 2. The normalized spacial score (nSPS) is 16.6. The summed E-state index contributed by atoms with van der Waals surface area (Å²) in [5, 5.41) is 12.0. The summed E-state index contributed by atoms with van der Waals surface area (Å²) in [4.78, 5) is 23.1. The van der Waals surface area contributed by atoms with E-state index in [9.17, 15) is 9.59 Å². The molecular weight excluding hydrogens is 278 g/mol. The minimum Gasteiger partial charge on any atom is -0.481 e. The molecule has 2 N–H and O–H groups in total. The summed E-state index contributed by atoms with van der Waals surface area (Å²) in [5.41, 5.74) is -0.282. The molecule has 1 amide bonds. The molecule has 128 valence electrons. The lowest BCUT2D eigenvalue weighted by Gasteiger charge is -2.26. The number of amides is 1. The molecule has 4 nitrogen and oxygen atoms in total. The van der Waals surface area contributed by atoms with E-state index in [2.05, 4.69) is 12.2 Å². The van der Waals surface area contributed by atoms with Gasteiger partial charge in [-0.15, -0.1) is 0 Å². The number of hydrogen-bond acceptors (Lipinski definition) is 2. The second-order valence-corrected chi connectivity index (χ2v) is 6.93. The van der Waals surface area contributed by atoms with E-state index in [4.69, 9.17) is 5.11 Å². The minimum atomic E-state index is -0.776. The highest BCUT2D eigenvalue weighted by Crippen LogP contribution is 2.43. The van der Waals surface area contributed by atoms with Crippen molar-refractivity contribution in [1.29, 1.82) is 0 Å². The summed E-state index contributed by atoms with van der Waals surface area (Å²) >= 11 is 0. The molecule has 1 aliphatic carbocycles. The van der Waals surface area contributed by atoms with E-state index in [0.717, 1.165) is 38.6 Å². The molecule has 0 aromatic carbocycles. The van der Waals surface area contributed by atoms with Crippen LogP contribution in [-0.2, 0) is 9.59 Å². The lowest BCUT2D eigenvalue weighted by atomic mass is 9.79. The molecule has 0 aliphatic heterocycles. The first-order chi connectivity index (χ1) is 10.6. The van der Waals surface area contributed by atoms with Crippen LogP contribution in [0.2, 0.25) is 0 Å². The predicted octanol–water partition coefficient (Wildman–Crippen LogP) is 4.28. The molecule has 0 bridgehead atoms. The average Bonchev–Trinajstić information content (AvgIpc) is 2.89. The molecule has 0 aromatic heterocycles. The second kappa shape index (κ2) is 10.6. The monoisotopic (exact) mass is 311 g/mol. The number of carboxylic acids is 1. The fourth-order valence-corrected chi connectivity index (χ4v) is 3.57. The van der Waals surface area contributed by atoms with Gasteiger partial charge in [0.15, 0.2) is 0 Å². The molecule has 22 heavy (non-hydrogen) atoms. The van der Waals surface area contributed by atoms with Crippen molar-refractivity contribution in [2.24, 2.45) is 5.41 Å². The minimum absolute atomic E-state index is 0.0362. The smallest absolute Gasteiger partial charge is 0.303 e. The summed E-state index contributed by atoms with van der Waals surface area (Å²) in [5.74, 6) is -0.740. The Balaban J connectivity index is 2.13. The van der Waals surface area contributed by atoms with Crippen LogP contribution >= 0.6 is 0 Å². The molecule has 1 rings (SSSR count). The first-order valence-corrected chi connectivity index (χ1v) is 9.06. The first-order valence-electron chi connectivity index (χ1n) is 9.06. The van der Waals surface area contributed by atoms with Crippen LogP contribution in [0, 0.1) is 5.41 Å². The summed E-state index contributed by atoms with van der Waals surface area (Å²) in [7, 11) is 0. The van der Waals surface area contributed by atoms with E-state index in [0.29, 0.717) is 6.42 Å². The van der Waals surface area contributed by atoms with Gasteiger partial charge in [-0.3, -0.25) is 9.59 Å². The van der Waals surface area contributed by atoms with Gasteiger partial charge in [0.1, 0.15) is 0 Å². The van der Waals surface area contributed by atoms with Crippen molar-refractivity contribution in [2.45, 2.75) is 90.4 Å². The summed E-state index contributed by atoms with van der Waals surface area (Å²) < 4.78 is 0. The van der Waals surface area contributed by atoms with Gasteiger partial charge in [0, 0.05) is 13.0 Å². The number of rotatable bonds is 12. The third-order valence-electron chi connectivity index (χ3n) is 4.83. The maximum Gasteiger partial charge on any atom is 0.303 e. The molecule has 1 fully saturated rings. The van der Waals surface area contributed by atoms with Gasteiger partial charge in [-0.1, -0.05) is 58.3 Å². The Hall–Kier alpha value is -1.06. The predicted molar refractivity (Wildman–Crippen MR) is 88.8 cm³/mol. The van der Waals surface area contributed by atoms with Crippen LogP contribution in [0.4, 0.5) is 0 Å². The van der Waals surface area contributed by atoms with Crippen LogP contribution in [0.3, 0.4) is 0 Å². The number of unbranched alkanes of at least 4 members (excludes halogenated alkanes) is 6. The van der Waals surface area contributed by atoms with Crippen LogP contribution in [-0.4, -0.2) is 23.5 Å². The topological polar surface area (TPSA) is 66.4 Å². The summed E-state index contributed by atoms with van der Waals surface area (Å²) in [6.45, 7) is 2.95. The van der Waals surface area contributed by atoms with E-state index >= 15 is 0 Å². The standard InChI is InChI=1S/C18H33NO3/c1-2-3-4-5-6-7-10-13-19-16(20)14-18(15-17(21)22)11-8-9-12-18/h2-15H2,1H3,(H,19,20)(H,21,22). The van der Waals surface area contributed by atoms with Crippen molar-refractivity contribution >= 4 is 11.9 Å². The Kier molecular flexibility index (Phi) is 9.17. The molecule has 4 heteroatoms. The highest BCUT2D eigenvalue weighted by atomic mass is 16.4. The van der Waals surface area contributed by atoms with Crippen molar-refractivity contribution < 1.29 is 14.7 Å². The fraction of sp³-hybridized carbons (Fsp3) is 0.889. The van der Waals surface area contributed by atoms with Gasteiger partial charge >= 0.3 is 5.97 Å². The molecular formula is C18H33NO3. The third kappa shape index (κ3) is 7.81. The fourth-order valence-electron chi connectivity index (χ4n) is 3.57. The van der Waals surface area contributed by atoms with Gasteiger partial charge in [-0.05, 0) is 24.7 Å². The molecule has 0 radical (unpaired) electrons. The van der Waals surface area contributed by atoms with Gasteiger partial charge in [0.25, 0.3) is 0 Å². The van der Waals surface area contributed by atoms with Gasteiger partial charge < -0.3 is 10.4 Å². The van der Waals surface area contributed by atoms with Crippen LogP contribution in [0.5, 0.6) is 0 Å². The van der Waals surface area contributed by atoms with Gasteiger partial charge in [-0.25, -0.2) is 0 Å². The number of nitrogens with one attached hydrogen (secondary N) is 1. The largest absolute Gasteiger partial charge is 0.481 e. The zero-order valence-corrected chi connectivity index (χ0v) is 14.2. The lowest BCUT2D eigenvalue weighted by molar-refractivity contribution is -0.140. The lowest BCUT2D eigenvalue weighted by Crippen LogP contribution is -2.32. The van der Waals surface area contributed by atoms with Crippen LogP contribution in [0.15, 0.2) is 0 Å². The zero-order chi connectivity index (χ0) is 16.3. The Morgan fingerprint density at radius 2 is 1.55 bits per heavy atom. The average molecular weight is 311 g/mol. The highest BCUT2D eigenvalue weighted by molar-refractivity contribution is 5.78. The molecule has 0 atom stereocenters. The molecule has 0 unspecified atom stereocenters. The molecule has 1 saturated carbocycles. The van der Waals surface area contributed by atoms with E-state index < -0.39 is 5.97 Å². The van der Waals surface area contributed by atoms with Gasteiger partial charge in [0.05, 0.1) is 6.42 Å². The molecule has 1 aliphatic rings. The van der Waals surface area contributed by atoms with Crippen LogP contribution < -0.4 is 5.32 Å². The zero-order valence-electron chi connectivity index (χ0n) is 14.2. The Morgan fingerprint density at radius 1 is 0.955 bits per heavy atom. The Bertz CT molecular complexity index is 335. The Morgan fingerprint density at radius 3 is 2.14 bits per heavy atom. The van der Waals surface area contributed by atoms with Crippen molar-refractivity contribution in [2.75, 3.05) is 6.54 Å². The number of carbonyl (C=O) groups is 2. The number of aliphatic carboxylic acids is 1. The second-order valence-electron chi connectivity index (χ2n) is 6.93. The molecule has 0 heterocycles. The van der Waals surface area contributed by atoms with Crippen molar-refractivity contribution in [3.05, 3.63) is 0 Å². The van der Waals surface area contributed by atoms with Crippen molar-refractivity contribution in [3.8, 4) is 0 Å². The first kappa shape index (κ1) is 19.0. The van der Waals surface area contributed by atoms with E-state index in [-0.39, 0.29) is 17.7 Å². The van der Waals surface area contributed by atoms with Crippen molar-refractivity contribution in [3.63, 3.8) is 0 Å². The third-order valence-corrected chi connectivity index (χ3v) is 4.83. The van der Waals surface area contributed by atoms with Gasteiger partial charge in [-0.2, -0.15) is 0 Å². The van der Waals surface area contributed by atoms with Crippen molar-refractivity contribution in [1.82, 2.24) is 5.32 Å². The quantitative estimate of drug-likeness (QED) is 0.529. The number of carbonyl (C=O) groups excluding carboxylic acids is 1. The number of carboxylic acid groups (broad SMARTS) is 1. The van der Waals surface area contributed by atoms with Crippen LogP contribution in [0.1, 0.15) is 90.4 Å². The molecule has 0 spiro atoms. The highest BCUT2D eigenvalue weighted by Gasteiger charge is 2.37. The SMILES string of the molecule is CCCCCCCCCNC(=O)CC1(CC(=O)O)CCCC1. The molecule has 0 aromatic rings. The van der Waals surface area contributed by atoms with E-state index in [1.807, 2.05) is 0 Å². The molecule has 0 saturated heterocycles. The van der Waals surface area contributed by atoms with Crippen LogP contribution in [0.25, 0.3) is 0 Å². The maximum absolute atomic E-state index is 12.1. The maximum atomic E-state index is 12.1. The summed E-state index contributed by atoms with van der Waals surface area (Å²) in [6.07, 6.45) is 13.0. The summed E-state index contributed by atoms with van der Waals surface area (Å²) in [6, 6.07) is 0.